The number of rotatable bonds is 5. The van der Waals surface area contributed by atoms with E-state index in [1.165, 1.54) is 24.8 Å². The van der Waals surface area contributed by atoms with Gasteiger partial charge in [-0.3, -0.25) is 14.5 Å². The molecule has 0 radical (unpaired) electrons. The molecule has 5 rings (SSSR count). The summed E-state index contributed by atoms with van der Waals surface area (Å²) in [5, 5.41) is 2.78. The number of halogens is 1. The Morgan fingerprint density at radius 1 is 1.25 bits per heavy atom. The summed E-state index contributed by atoms with van der Waals surface area (Å²) in [6.45, 7) is 2.17. The fraction of sp³-hybridized carbons (Fsp3) is 0.360. The number of benzene rings is 2. The minimum absolute atomic E-state index is 0.118. The minimum Gasteiger partial charge on any atom is -0.487 e. The van der Waals surface area contributed by atoms with Crippen LogP contribution in [0.1, 0.15) is 41.5 Å². The van der Waals surface area contributed by atoms with Gasteiger partial charge in [-0.25, -0.2) is 4.39 Å². The van der Waals surface area contributed by atoms with Crippen molar-refractivity contribution in [1.29, 1.82) is 0 Å². The summed E-state index contributed by atoms with van der Waals surface area (Å²) in [4.78, 5) is 26.7. The van der Waals surface area contributed by atoms with E-state index in [-0.39, 0.29) is 23.7 Å². The first-order valence-electron chi connectivity index (χ1n) is 11.0. The standard InChI is InChI=1S/C25H25FN2O4/c1-31-25(30)21-5-3-11-28(21)10-2-4-15-6-8-18-16(12-15)14-32-23(18)22-19-13-17(26)7-9-20(19)27-24(22)29/h6-9,12-13,21H,2-5,10-11,14H2,1H3,(H,27,29)/b23-22+. The quantitative estimate of drug-likeness (QED) is 0.571. The van der Waals surface area contributed by atoms with E-state index in [0.29, 0.717) is 29.2 Å². The van der Waals surface area contributed by atoms with Gasteiger partial charge in [0, 0.05) is 22.4 Å². The number of likely N-dealkylation sites (tertiary alicyclic amines) is 1. The van der Waals surface area contributed by atoms with Crippen LogP contribution in [-0.2, 0) is 32.1 Å². The topological polar surface area (TPSA) is 67.9 Å². The maximum absolute atomic E-state index is 13.8. The van der Waals surface area contributed by atoms with Crippen LogP contribution in [-0.4, -0.2) is 43.0 Å². The molecule has 3 aliphatic heterocycles. The molecule has 1 atom stereocenters. The third kappa shape index (κ3) is 3.66. The van der Waals surface area contributed by atoms with Crippen LogP contribution in [0.15, 0.2) is 36.4 Å². The lowest BCUT2D eigenvalue weighted by Gasteiger charge is -2.22. The minimum atomic E-state index is -0.389. The summed E-state index contributed by atoms with van der Waals surface area (Å²) in [7, 11) is 1.44. The number of amides is 1. The van der Waals surface area contributed by atoms with Crippen LogP contribution in [0.4, 0.5) is 10.1 Å². The predicted molar refractivity (Wildman–Crippen MR) is 118 cm³/mol. The smallest absolute Gasteiger partial charge is 0.323 e. The van der Waals surface area contributed by atoms with Crippen molar-refractivity contribution in [3.63, 3.8) is 0 Å². The van der Waals surface area contributed by atoms with Gasteiger partial charge >= 0.3 is 5.97 Å². The van der Waals surface area contributed by atoms with Crippen molar-refractivity contribution in [3.8, 4) is 0 Å². The van der Waals surface area contributed by atoms with Gasteiger partial charge in [-0.2, -0.15) is 0 Å². The third-order valence-corrected chi connectivity index (χ3v) is 6.49. The Hall–Kier alpha value is -3.19. The number of nitrogens with one attached hydrogen (secondary N) is 1. The van der Waals surface area contributed by atoms with E-state index < -0.39 is 0 Å². The van der Waals surface area contributed by atoms with Crippen molar-refractivity contribution in [3.05, 3.63) is 64.5 Å². The van der Waals surface area contributed by atoms with Gasteiger partial charge < -0.3 is 14.8 Å². The largest absolute Gasteiger partial charge is 0.487 e. The summed E-state index contributed by atoms with van der Waals surface area (Å²) < 4.78 is 24.6. The number of methoxy groups -OCH3 is 1. The van der Waals surface area contributed by atoms with Crippen LogP contribution in [0.5, 0.6) is 0 Å². The Kier molecular flexibility index (Phi) is 5.43. The van der Waals surface area contributed by atoms with Crippen LogP contribution >= 0.6 is 0 Å². The Morgan fingerprint density at radius 3 is 2.97 bits per heavy atom. The van der Waals surface area contributed by atoms with E-state index in [1.807, 2.05) is 6.07 Å². The molecule has 32 heavy (non-hydrogen) atoms. The van der Waals surface area contributed by atoms with E-state index in [1.54, 1.807) is 6.07 Å². The maximum Gasteiger partial charge on any atom is 0.323 e. The zero-order valence-corrected chi connectivity index (χ0v) is 17.9. The molecule has 1 unspecified atom stereocenters. The molecule has 1 amide bonds. The van der Waals surface area contributed by atoms with Crippen molar-refractivity contribution in [1.82, 2.24) is 4.90 Å². The van der Waals surface area contributed by atoms with Gasteiger partial charge in [-0.1, -0.05) is 18.2 Å². The lowest BCUT2D eigenvalue weighted by atomic mass is 9.98. The van der Waals surface area contributed by atoms with Crippen LogP contribution < -0.4 is 5.32 Å². The van der Waals surface area contributed by atoms with E-state index in [0.717, 1.165) is 49.9 Å². The predicted octanol–water partition coefficient (Wildman–Crippen LogP) is 3.75. The summed E-state index contributed by atoms with van der Waals surface area (Å²) in [5.41, 5.74) is 4.61. The second-order valence-electron chi connectivity index (χ2n) is 8.45. The lowest BCUT2D eigenvalue weighted by molar-refractivity contribution is -0.145. The Bertz CT molecular complexity index is 1130. The number of esters is 1. The number of aryl methyl sites for hydroxylation is 1. The van der Waals surface area contributed by atoms with Crippen molar-refractivity contribution < 1.29 is 23.5 Å². The van der Waals surface area contributed by atoms with E-state index in [4.69, 9.17) is 9.47 Å². The van der Waals surface area contributed by atoms with Crippen molar-refractivity contribution >= 4 is 28.9 Å². The monoisotopic (exact) mass is 436 g/mol. The number of fused-ring (bicyclic) bond motifs is 2. The number of hydrogen-bond donors (Lipinski definition) is 1. The number of carbonyl (C=O) groups is 2. The van der Waals surface area contributed by atoms with E-state index in [9.17, 15) is 14.0 Å². The zero-order valence-electron chi connectivity index (χ0n) is 17.9. The molecule has 3 heterocycles. The van der Waals surface area contributed by atoms with Gasteiger partial charge in [0.25, 0.3) is 5.91 Å². The second kappa shape index (κ2) is 8.39. The summed E-state index contributed by atoms with van der Waals surface area (Å²) >= 11 is 0. The van der Waals surface area contributed by atoms with Gasteiger partial charge in [0.1, 0.15) is 24.2 Å². The summed E-state index contributed by atoms with van der Waals surface area (Å²) in [6, 6.07) is 10.3. The molecule has 3 aliphatic rings. The first kappa shape index (κ1) is 20.7. The van der Waals surface area contributed by atoms with Gasteiger partial charge in [0.2, 0.25) is 0 Å². The number of hydrogen-bond acceptors (Lipinski definition) is 5. The SMILES string of the molecule is COC(=O)C1CCCN1CCCc1ccc2c(c1)CO/C2=C1/C(=O)Nc2ccc(F)cc21. The second-order valence-corrected chi connectivity index (χ2v) is 8.45. The maximum atomic E-state index is 13.8. The first-order chi connectivity index (χ1) is 15.5. The van der Waals surface area contributed by atoms with Gasteiger partial charge in [0.15, 0.2) is 0 Å². The number of nitrogens with zero attached hydrogens (tertiary/aromatic N) is 1. The molecule has 7 heteroatoms. The van der Waals surface area contributed by atoms with Crippen LogP contribution in [0.2, 0.25) is 0 Å². The van der Waals surface area contributed by atoms with Gasteiger partial charge in [-0.15, -0.1) is 0 Å². The molecule has 0 bridgehead atoms. The molecule has 0 saturated carbocycles. The molecule has 1 N–H and O–H groups in total. The average Bonchev–Trinajstić information content (AvgIpc) is 3.49. The zero-order chi connectivity index (χ0) is 22.2. The van der Waals surface area contributed by atoms with Crippen molar-refractivity contribution in [2.75, 3.05) is 25.5 Å². The molecule has 0 aliphatic carbocycles. The van der Waals surface area contributed by atoms with Gasteiger partial charge in [-0.05, 0) is 62.5 Å². The molecule has 166 valence electrons. The highest BCUT2D eigenvalue weighted by molar-refractivity contribution is 6.36. The highest BCUT2D eigenvalue weighted by atomic mass is 19.1. The van der Waals surface area contributed by atoms with Crippen molar-refractivity contribution in [2.24, 2.45) is 0 Å². The van der Waals surface area contributed by atoms with Crippen LogP contribution in [0.25, 0.3) is 11.3 Å². The average molecular weight is 436 g/mol. The highest BCUT2D eigenvalue weighted by Gasteiger charge is 2.33. The molecular weight excluding hydrogens is 411 g/mol. The Morgan fingerprint density at radius 2 is 2.12 bits per heavy atom. The lowest BCUT2D eigenvalue weighted by Crippen LogP contribution is -2.37. The van der Waals surface area contributed by atoms with Crippen LogP contribution in [0, 0.1) is 5.82 Å². The van der Waals surface area contributed by atoms with E-state index >= 15 is 0 Å². The van der Waals surface area contributed by atoms with Crippen LogP contribution in [0.3, 0.4) is 0 Å². The molecule has 2 aromatic carbocycles. The molecule has 0 aromatic heterocycles. The molecule has 1 saturated heterocycles. The van der Waals surface area contributed by atoms with E-state index in [2.05, 4.69) is 22.3 Å². The molecule has 6 nitrogen and oxygen atoms in total. The fourth-order valence-corrected chi connectivity index (χ4v) is 4.93. The first-order valence-corrected chi connectivity index (χ1v) is 11.0. The summed E-state index contributed by atoms with van der Waals surface area (Å²) in [5.74, 6) is -0.302. The Balaban J connectivity index is 1.31. The normalized spacial score (nSPS) is 21.8. The number of carbonyl (C=O) groups excluding carboxylic acids is 2. The van der Waals surface area contributed by atoms with Crippen molar-refractivity contribution in [2.45, 2.75) is 38.3 Å². The number of ether oxygens (including phenoxy) is 2. The number of anilines is 1. The molecule has 2 aromatic rings. The summed E-state index contributed by atoms with van der Waals surface area (Å²) in [6.07, 6.45) is 3.71. The molecule has 0 spiro atoms. The van der Waals surface area contributed by atoms with Gasteiger partial charge in [0.05, 0.1) is 12.7 Å². The highest BCUT2D eigenvalue weighted by Crippen LogP contribution is 2.42. The Labute approximate surface area is 186 Å². The molecular formula is C25H25FN2O4. The molecule has 1 fully saturated rings. The third-order valence-electron chi connectivity index (χ3n) is 6.49. The fourth-order valence-electron chi connectivity index (χ4n) is 4.93.